The maximum atomic E-state index is 12.3. The highest BCUT2D eigenvalue weighted by Crippen LogP contribution is 2.32. The van der Waals surface area contributed by atoms with Crippen LogP contribution in [0.4, 0.5) is 5.69 Å². The van der Waals surface area contributed by atoms with Gasteiger partial charge < -0.3 is 15.7 Å². The molecule has 1 unspecified atom stereocenters. The second kappa shape index (κ2) is 5.80. The van der Waals surface area contributed by atoms with E-state index in [1.807, 2.05) is 0 Å². The average molecular weight is 307 g/mol. The number of nitrogens with zero attached hydrogens (tertiary/aromatic N) is 2. The second-order valence-electron chi connectivity index (χ2n) is 4.84. The van der Waals surface area contributed by atoms with Gasteiger partial charge in [-0.3, -0.25) is 24.5 Å². The zero-order valence-electron chi connectivity index (χ0n) is 11.4. The molecule has 9 nitrogen and oxygen atoms in total. The van der Waals surface area contributed by atoms with Gasteiger partial charge in [0.1, 0.15) is 6.04 Å². The number of carboxylic acids is 1. The largest absolute Gasteiger partial charge is 0.481 e. The van der Waals surface area contributed by atoms with Gasteiger partial charge in [0.2, 0.25) is 5.91 Å². The van der Waals surface area contributed by atoms with E-state index in [0.717, 1.165) is 4.90 Å². The average Bonchev–Trinajstić information content (AvgIpc) is 2.76. The van der Waals surface area contributed by atoms with Crippen LogP contribution in [0.2, 0.25) is 0 Å². The number of amides is 2. The molecule has 2 amide bonds. The highest BCUT2D eigenvalue weighted by molar-refractivity contribution is 6.02. The van der Waals surface area contributed by atoms with Crippen LogP contribution in [-0.4, -0.2) is 38.8 Å². The number of carbonyl (C=O) groups excluding carboxylic acids is 2. The molecular formula is C13H13N3O6. The van der Waals surface area contributed by atoms with Crippen LogP contribution in [0, 0.1) is 10.1 Å². The van der Waals surface area contributed by atoms with Crippen LogP contribution in [0.1, 0.15) is 28.8 Å². The predicted octanol–water partition coefficient (Wildman–Crippen LogP) is 0.269. The maximum Gasteiger partial charge on any atom is 0.303 e. The lowest BCUT2D eigenvalue weighted by molar-refractivity contribution is -0.385. The first-order valence-electron chi connectivity index (χ1n) is 6.41. The van der Waals surface area contributed by atoms with Crippen LogP contribution in [0.25, 0.3) is 0 Å². The first-order chi connectivity index (χ1) is 10.3. The molecule has 22 heavy (non-hydrogen) atoms. The van der Waals surface area contributed by atoms with E-state index < -0.39 is 28.7 Å². The van der Waals surface area contributed by atoms with Crippen LogP contribution in [-0.2, 0) is 16.1 Å². The standard InChI is InChI=1S/C13H13N3O6/c14-12(19)10(4-5-11(17)18)15-6-8-7(13(15)20)2-1-3-9(8)16(21)22/h1-3,10H,4-6H2,(H2,14,19)(H,17,18). The van der Waals surface area contributed by atoms with E-state index in [1.54, 1.807) is 0 Å². The molecule has 1 aromatic rings. The van der Waals surface area contributed by atoms with Gasteiger partial charge in [-0.15, -0.1) is 0 Å². The number of fused-ring (bicyclic) bond motifs is 1. The summed E-state index contributed by atoms with van der Waals surface area (Å²) in [6.07, 6.45) is -0.478. The van der Waals surface area contributed by atoms with E-state index in [9.17, 15) is 24.5 Å². The summed E-state index contributed by atoms with van der Waals surface area (Å²) >= 11 is 0. The van der Waals surface area contributed by atoms with E-state index in [0.29, 0.717) is 0 Å². The first kappa shape index (κ1) is 15.4. The van der Waals surface area contributed by atoms with Gasteiger partial charge in [-0.05, 0) is 12.5 Å². The number of nitro groups is 1. The zero-order chi connectivity index (χ0) is 16.4. The van der Waals surface area contributed by atoms with Gasteiger partial charge in [-0.2, -0.15) is 0 Å². The smallest absolute Gasteiger partial charge is 0.303 e. The number of hydrogen-bond donors (Lipinski definition) is 2. The van der Waals surface area contributed by atoms with Crippen molar-refractivity contribution >= 4 is 23.5 Å². The number of benzene rings is 1. The summed E-state index contributed by atoms with van der Waals surface area (Å²) in [7, 11) is 0. The molecule has 2 rings (SSSR count). The molecule has 0 spiro atoms. The topological polar surface area (TPSA) is 144 Å². The van der Waals surface area contributed by atoms with Crippen molar-refractivity contribution in [1.82, 2.24) is 4.90 Å². The zero-order valence-corrected chi connectivity index (χ0v) is 11.4. The third-order valence-corrected chi connectivity index (χ3v) is 3.50. The summed E-state index contributed by atoms with van der Waals surface area (Å²) in [5, 5.41) is 19.7. The quantitative estimate of drug-likeness (QED) is 0.570. The lowest BCUT2D eigenvalue weighted by Crippen LogP contribution is -2.45. The molecule has 1 aromatic carbocycles. The summed E-state index contributed by atoms with van der Waals surface area (Å²) in [6, 6.07) is 2.97. The SMILES string of the molecule is NC(=O)C(CCC(=O)O)N1Cc2c(cccc2[N+](=O)[O-])C1=O. The summed E-state index contributed by atoms with van der Waals surface area (Å²) in [5.41, 5.74) is 5.37. The molecule has 0 fully saturated rings. The number of carboxylic acid groups (broad SMARTS) is 1. The molecule has 1 atom stereocenters. The molecular weight excluding hydrogens is 294 g/mol. The van der Waals surface area contributed by atoms with Gasteiger partial charge in [0.15, 0.2) is 0 Å². The van der Waals surface area contributed by atoms with E-state index >= 15 is 0 Å². The van der Waals surface area contributed by atoms with E-state index in [4.69, 9.17) is 10.8 Å². The van der Waals surface area contributed by atoms with E-state index in [-0.39, 0.29) is 36.2 Å². The summed E-state index contributed by atoms with van der Waals surface area (Å²) in [4.78, 5) is 45.9. The Bertz CT molecular complexity index is 672. The lowest BCUT2D eigenvalue weighted by atomic mass is 10.1. The predicted molar refractivity (Wildman–Crippen MR) is 72.8 cm³/mol. The number of rotatable bonds is 6. The van der Waals surface area contributed by atoms with E-state index in [2.05, 4.69) is 0 Å². The first-order valence-corrected chi connectivity index (χ1v) is 6.41. The highest BCUT2D eigenvalue weighted by Gasteiger charge is 2.38. The molecule has 0 aliphatic carbocycles. The van der Waals surface area contributed by atoms with Gasteiger partial charge in [0, 0.05) is 12.5 Å². The second-order valence-corrected chi connectivity index (χ2v) is 4.84. The minimum absolute atomic E-state index is 0.135. The molecule has 0 radical (unpaired) electrons. The van der Waals surface area contributed by atoms with Crippen molar-refractivity contribution in [2.75, 3.05) is 0 Å². The van der Waals surface area contributed by atoms with Crippen LogP contribution < -0.4 is 5.73 Å². The number of primary amides is 1. The van der Waals surface area contributed by atoms with Crippen molar-refractivity contribution in [2.45, 2.75) is 25.4 Å². The highest BCUT2D eigenvalue weighted by atomic mass is 16.6. The molecule has 1 aliphatic rings. The Hall–Kier alpha value is -2.97. The fraction of sp³-hybridized carbons (Fsp3) is 0.308. The number of aliphatic carboxylic acids is 1. The molecule has 0 saturated heterocycles. The Kier molecular flexibility index (Phi) is 4.06. The Morgan fingerprint density at radius 3 is 2.68 bits per heavy atom. The molecule has 3 N–H and O–H groups in total. The number of nitro benzene ring substituents is 1. The number of hydrogen-bond acceptors (Lipinski definition) is 5. The third-order valence-electron chi connectivity index (χ3n) is 3.50. The minimum atomic E-state index is -1.12. The maximum absolute atomic E-state index is 12.3. The summed E-state index contributed by atoms with van der Waals surface area (Å²) in [6.45, 7) is -0.140. The Morgan fingerprint density at radius 2 is 2.14 bits per heavy atom. The monoisotopic (exact) mass is 307 g/mol. The number of carbonyl (C=O) groups is 3. The lowest BCUT2D eigenvalue weighted by Gasteiger charge is -2.24. The Morgan fingerprint density at radius 1 is 1.45 bits per heavy atom. The Labute approximate surface area is 124 Å². The minimum Gasteiger partial charge on any atom is -0.481 e. The van der Waals surface area contributed by atoms with Gasteiger partial charge in [-0.1, -0.05) is 6.07 Å². The molecule has 9 heteroatoms. The van der Waals surface area contributed by atoms with Gasteiger partial charge in [0.05, 0.1) is 22.6 Å². The fourth-order valence-electron chi connectivity index (χ4n) is 2.47. The molecule has 116 valence electrons. The van der Waals surface area contributed by atoms with Gasteiger partial charge >= 0.3 is 5.97 Å². The Balaban J connectivity index is 2.33. The van der Waals surface area contributed by atoms with Crippen molar-refractivity contribution in [2.24, 2.45) is 5.73 Å². The van der Waals surface area contributed by atoms with Gasteiger partial charge in [0.25, 0.3) is 11.6 Å². The molecule has 1 heterocycles. The molecule has 1 aliphatic heterocycles. The van der Waals surface area contributed by atoms with Crippen LogP contribution in [0.15, 0.2) is 18.2 Å². The van der Waals surface area contributed by atoms with Crippen LogP contribution >= 0.6 is 0 Å². The van der Waals surface area contributed by atoms with E-state index in [1.165, 1.54) is 18.2 Å². The van der Waals surface area contributed by atoms with Crippen LogP contribution in [0.3, 0.4) is 0 Å². The van der Waals surface area contributed by atoms with Crippen molar-refractivity contribution in [3.63, 3.8) is 0 Å². The molecule has 0 aromatic heterocycles. The van der Waals surface area contributed by atoms with Gasteiger partial charge in [-0.25, -0.2) is 0 Å². The van der Waals surface area contributed by atoms with Crippen molar-refractivity contribution in [1.29, 1.82) is 0 Å². The normalized spacial score (nSPS) is 14.5. The molecule has 0 bridgehead atoms. The summed E-state index contributed by atoms with van der Waals surface area (Å²) < 4.78 is 0. The fourth-order valence-corrected chi connectivity index (χ4v) is 2.47. The van der Waals surface area contributed by atoms with Crippen molar-refractivity contribution < 1.29 is 24.4 Å². The molecule has 0 saturated carbocycles. The third kappa shape index (κ3) is 2.73. The van der Waals surface area contributed by atoms with Crippen molar-refractivity contribution in [3.05, 3.63) is 39.4 Å². The van der Waals surface area contributed by atoms with Crippen LogP contribution in [0.5, 0.6) is 0 Å². The number of nitrogens with two attached hydrogens (primary N) is 1. The van der Waals surface area contributed by atoms with Crippen molar-refractivity contribution in [3.8, 4) is 0 Å². The summed E-state index contributed by atoms with van der Waals surface area (Å²) in [5.74, 6) is -2.53.